The van der Waals surface area contributed by atoms with Crippen LogP contribution in [0.5, 0.6) is 11.5 Å². The summed E-state index contributed by atoms with van der Waals surface area (Å²) < 4.78 is 12.8. The summed E-state index contributed by atoms with van der Waals surface area (Å²) >= 11 is 0. The molecule has 0 bridgehead atoms. The molecule has 7 nitrogen and oxygen atoms in total. The average Bonchev–Trinajstić information content (AvgIpc) is 3.43. The van der Waals surface area contributed by atoms with Crippen molar-refractivity contribution in [2.75, 3.05) is 20.8 Å². The van der Waals surface area contributed by atoms with E-state index in [-0.39, 0.29) is 12.1 Å². The van der Waals surface area contributed by atoms with Gasteiger partial charge in [-0.3, -0.25) is 4.68 Å². The first kappa shape index (κ1) is 22.7. The molecule has 2 aromatic carbocycles. The SMILES string of the molecule is COc1ccc(C2CCCN2C(=O)NCc2c(C)nn(Cc3ccccc3)c2C)cc1OC. The summed E-state index contributed by atoms with van der Waals surface area (Å²) in [5.41, 5.74) is 5.36. The molecule has 174 valence electrons. The van der Waals surface area contributed by atoms with Crippen molar-refractivity contribution < 1.29 is 14.3 Å². The largest absolute Gasteiger partial charge is 0.493 e. The number of aryl methyl sites for hydroxylation is 1. The molecule has 0 aliphatic carbocycles. The van der Waals surface area contributed by atoms with Crippen LogP contribution < -0.4 is 14.8 Å². The Kier molecular flexibility index (Phi) is 6.87. The minimum atomic E-state index is -0.0538. The van der Waals surface area contributed by atoms with Gasteiger partial charge in [0.2, 0.25) is 0 Å². The highest BCUT2D eigenvalue weighted by molar-refractivity contribution is 5.75. The Morgan fingerprint density at radius 2 is 1.85 bits per heavy atom. The molecule has 1 saturated heterocycles. The molecule has 1 aliphatic heterocycles. The van der Waals surface area contributed by atoms with Crippen LogP contribution in [0.1, 0.15) is 47.0 Å². The first-order valence-corrected chi connectivity index (χ1v) is 11.3. The van der Waals surface area contributed by atoms with E-state index in [2.05, 4.69) is 24.4 Å². The van der Waals surface area contributed by atoms with Gasteiger partial charge in [-0.25, -0.2) is 4.79 Å². The summed E-state index contributed by atoms with van der Waals surface area (Å²) in [5, 5.41) is 7.83. The predicted molar refractivity (Wildman–Crippen MR) is 128 cm³/mol. The van der Waals surface area contributed by atoms with E-state index >= 15 is 0 Å². The van der Waals surface area contributed by atoms with E-state index in [1.54, 1.807) is 14.2 Å². The number of carbonyl (C=O) groups excluding carboxylic acids is 1. The van der Waals surface area contributed by atoms with Gasteiger partial charge >= 0.3 is 6.03 Å². The molecule has 1 unspecified atom stereocenters. The number of methoxy groups -OCH3 is 2. The second kappa shape index (κ2) is 9.98. The van der Waals surface area contributed by atoms with Crippen LogP contribution in [-0.2, 0) is 13.1 Å². The summed E-state index contributed by atoms with van der Waals surface area (Å²) in [6.45, 7) is 5.97. The number of nitrogens with zero attached hydrogens (tertiary/aromatic N) is 3. The Morgan fingerprint density at radius 1 is 1.09 bits per heavy atom. The number of ether oxygens (including phenoxy) is 2. The molecular formula is C26H32N4O3. The molecule has 7 heteroatoms. The number of aromatic nitrogens is 2. The molecule has 1 fully saturated rings. The molecule has 0 spiro atoms. The van der Waals surface area contributed by atoms with Crippen molar-refractivity contribution in [3.05, 3.63) is 76.6 Å². The van der Waals surface area contributed by atoms with Crippen molar-refractivity contribution in [1.82, 2.24) is 20.0 Å². The van der Waals surface area contributed by atoms with Crippen LogP contribution >= 0.6 is 0 Å². The number of carbonyl (C=O) groups is 1. The number of rotatable bonds is 7. The first-order valence-electron chi connectivity index (χ1n) is 11.3. The summed E-state index contributed by atoms with van der Waals surface area (Å²) in [4.78, 5) is 15.0. The van der Waals surface area contributed by atoms with Gasteiger partial charge in [0.05, 0.1) is 32.5 Å². The van der Waals surface area contributed by atoms with Crippen molar-refractivity contribution in [1.29, 1.82) is 0 Å². The molecule has 4 rings (SSSR count). The standard InChI is InChI=1S/C26H32N4O3/c1-18-22(19(2)30(28-18)17-20-9-6-5-7-10-20)16-27-26(31)29-14-8-11-23(29)21-12-13-24(32-3)25(15-21)33-4/h5-7,9-10,12-13,15,23H,8,11,14,16-17H2,1-4H3,(H,27,31). The van der Waals surface area contributed by atoms with Crippen molar-refractivity contribution in [3.8, 4) is 11.5 Å². The fourth-order valence-electron chi connectivity index (χ4n) is 4.58. The highest BCUT2D eigenvalue weighted by atomic mass is 16.5. The maximum atomic E-state index is 13.1. The van der Waals surface area contributed by atoms with Gasteiger partial charge in [-0.05, 0) is 49.9 Å². The topological polar surface area (TPSA) is 68.6 Å². The fourth-order valence-corrected chi connectivity index (χ4v) is 4.58. The normalized spacial score (nSPS) is 15.5. The van der Waals surface area contributed by atoms with Gasteiger partial charge in [-0.2, -0.15) is 5.10 Å². The van der Waals surface area contributed by atoms with E-state index < -0.39 is 0 Å². The lowest BCUT2D eigenvalue weighted by molar-refractivity contribution is 0.192. The van der Waals surface area contributed by atoms with E-state index in [1.807, 2.05) is 52.9 Å². The molecule has 1 atom stereocenters. The first-order chi connectivity index (χ1) is 16.0. The lowest BCUT2D eigenvalue weighted by atomic mass is 10.0. The van der Waals surface area contributed by atoms with Crippen LogP contribution in [0.15, 0.2) is 48.5 Å². The number of likely N-dealkylation sites (tertiary alicyclic amines) is 1. The van der Waals surface area contributed by atoms with Gasteiger partial charge in [-0.1, -0.05) is 36.4 Å². The lowest BCUT2D eigenvalue weighted by Crippen LogP contribution is -2.39. The maximum absolute atomic E-state index is 13.1. The molecule has 2 heterocycles. The molecule has 0 radical (unpaired) electrons. The third-order valence-corrected chi connectivity index (χ3v) is 6.43. The van der Waals surface area contributed by atoms with Crippen LogP contribution in [0, 0.1) is 13.8 Å². The van der Waals surface area contributed by atoms with E-state index in [4.69, 9.17) is 14.6 Å². The van der Waals surface area contributed by atoms with E-state index in [0.29, 0.717) is 18.0 Å². The molecule has 33 heavy (non-hydrogen) atoms. The van der Waals surface area contributed by atoms with Crippen LogP contribution in [0.3, 0.4) is 0 Å². The number of hydrogen-bond donors (Lipinski definition) is 1. The minimum Gasteiger partial charge on any atom is -0.493 e. The van der Waals surface area contributed by atoms with Gasteiger partial charge in [0.25, 0.3) is 0 Å². The number of benzene rings is 2. The van der Waals surface area contributed by atoms with Gasteiger partial charge in [0.15, 0.2) is 11.5 Å². The van der Waals surface area contributed by atoms with E-state index in [1.165, 1.54) is 5.56 Å². The van der Waals surface area contributed by atoms with Crippen LogP contribution in [0.25, 0.3) is 0 Å². The predicted octanol–water partition coefficient (Wildman–Crippen LogP) is 4.61. The summed E-state index contributed by atoms with van der Waals surface area (Å²) in [5.74, 6) is 1.37. The lowest BCUT2D eigenvalue weighted by Gasteiger charge is -2.26. The minimum absolute atomic E-state index is 0.0211. The Balaban J connectivity index is 1.44. The highest BCUT2D eigenvalue weighted by Crippen LogP contribution is 2.36. The van der Waals surface area contributed by atoms with Gasteiger partial charge in [0, 0.05) is 24.3 Å². The number of nitrogens with one attached hydrogen (secondary N) is 1. The number of urea groups is 1. The molecule has 1 aromatic heterocycles. The Hall–Kier alpha value is -3.48. The Bertz CT molecular complexity index is 1110. The van der Waals surface area contributed by atoms with Crippen molar-refractivity contribution in [2.24, 2.45) is 0 Å². The molecule has 2 amide bonds. The highest BCUT2D eigenvalue weighted by Gasteiger charge is 2.30. The van der Waals surface area contributed by atoms with E-state index in [0.717, 1.165) is 48.4 Å². The zero-order valence-corrected chi connectivity index (χ0v) is 19.8. The summed E-state index contributed by atoms with van der Waals surface area (Å²) in [7, 11) is 3.25. The molecular weight excluding hydrogens is 416 g/mol. The second-order valence-corrected chi connectivity index (χ2v) is 8.42. The third kappa shape index (κ3) is 4.82. The average molecular weight is 449 g/mol. The van der Waals surface area contributed by atoms with Gasteiger partial charge < -0.3 is 19.7 Å². The fraction of sp³-hybridized carbons (Fsp3) is 0.385. The Morgan fingerprint density at radius 3 is 2.58 bits per heavy atom. The summed E-state index contributed by atoms with van der Waals surface area (Å²) in [6, 6.07) is 16.1. The second-order valence-electron chi connectivity index (χ2n) is 8.42. The van der Waals surface area contributed by atoms with Crippen molar-refractivity contribution in [3.63, 3.8) is 0 Å². The van der Waals surface area contributed by atoms with Crippen LogP contribution in [0.4, 0.5) is 4.79 Å². The monoisotopic (exact) mass is 448 g/mol. The molecule has 0 saturated carbocycles. The third-order valence-electron chi connectivity index (χ3n) is 6.43. The Labute approximate surface area is 195 Å². The quantitative estimate of drug-likeness (QED) is 0.573. The zero-order valence-electron chi connectivity index (χ0n) is 19.8. The van der Waals surface area contributed by atoms with Crippen molar-refractivity contribution in [2.45, 2.75) is 45.8 Å². The number of amides is 2. The summed E-state index contributed by atoms with van der Waals surface area (Å²) in [6.07, 6.45) is 1.90. The molecule has 1 aliphatic rings. The number of hydrogen-bond acceptors (Lipinski definition) is 4. The zero-order chi connectivity index (χ0) is 23.4. The maximum Gasteiger partial charge on any atom is 0.318 e. The molecule has 1 N–H and O–H groups in total. The van der Waals surface area contributed by atoms with Crippen molar-refractivity contribution >= 4 is 6.03 Å². The molecule has 3 aromatic rings. The smallest absolute Gasteiger partial charge is 0.318 e. The van der Waals surface area contributed by atoms with E-state index in [9.17, 15) is 4.79 Å². The van der Waals surface area contributed by atoms with Gasteiger partial charge in [0.1, 0.15) is 0 Å². The van der Waals surface area contributed by atoms with Crippen LogP contribution in [-0.4, -0.2) is 41.5 Å². The van der Waals surface area contributed by atoms with Crippen LogP contribution in [0.2, 0.25) is 0 Å². The van der Waals surface area contributed by atoms with Gasteiger partial charge in [-0.15, -0.1) is 0 Å².